The highest BCUT2D eigenvalue weighted by atomic mass is 19.1. The van der Waals surface area contributed by atoms with Crippen molar-refractivity contribution in [1.82, 2.24) is 14.9 Å². The highest BCUT2D eigenvalue weighted by molar-refractivity contribution is 5.79. The van der Waals surface area contributed by atoms with Gasteiger partial charge in [0.25, 0.3) is 11.8 Å². The van der Waals surface area contributed by atoms with Gasteiger partial charge in [-0.25, -0.2) is 14.4 Å². The molecule has 1 aromatic heterocycles. The van der Waals surface area contributed by atoms with Crippen LogP contribution in [0.4, 0.5) is 4.39 Å². The summed E-state index contributed by atoms with van der Waals surface area (Å²) >= 11 is 0. The van der Waals surface area contributed by atoms with Crippen LogP contribution in [0.5, 0.6) is 11.8 Å². The Bertz CT molecular complexity index is 708. The monoisotopic (exact) mass is 331 g/mol. The van der Waals surface area contributed by atoms with Gasteiger partial charge >= 0.3 is 0 Å². The molecule has 1 saturated heterocycles. The number of amides is 1. The molecule has 1 unspecified atom stereocenters. The number of hydrogen-bond donors (Lipinski definition) is 0. The molecule has 0 radical (unpaired) electrons. The molecule has 1 aromatic carbocycles. The number of ether oxygens (including phenoxy) is 2. The van der Waals surface area contributed by atoms with E-state index in [0.29, 0.717) is 24.8 Å². The van der Waals surface area contributed by atoms with Crippen LogP contribution in [0.1, 0.15) is 12.0 Å². The van der Waals surface area contributed by atoms with Crippen LogP contribution in [-0.4, -0.2) is 47.1 Å². The normalized spacial score (nSPS) is 16.9. The van der Waals surface area contributed by atoms with Crippen LogP contribution in [0.15, 0.2) is 36.7 Å². The zero-order valence-electron chi connectivity index (χ0n) is 13.3. The summed E-state index contributed by atoms with van der Waals surface area (Å²) in [5.74, 6) is 0.351. The van der Waals surface area contributed by atoms with Crippen molar-refractivity contribution in [1.29, 1.82) is 0 Å². The molecule has 1 aliphatic heterocycles. The second kappa shape index (κ2) is 7.25. The van der Waals surface area contributed by atoms with Crippen molar-refractivity contribution >= 4 is 5.91 Å². The van der Waals surface area contributed by atoms with Gasteiger partial charge in [0.05, 0.1) is 20.1 Å². The van der Waals surface area contributed by atoms with Crippen LogP contribution in [0, 0.1) is 5.82 Å². The SMILES string of the molecule is COc1nccnc1OC1CCN(C(=O)Cc2ccc(F)cc2)C1. The number of carbonyl (C=O) groups excluding carboxylic acids is 1. The maximum Gasteiger partial charge on any atom is 0.278 e. The minimum atomic E-state index is -0.307. The lowest BCUT2D eigenvalue weighted by Crippen LogP contribution is -2.32. The molecular formula is C17H18FN3O3. The molecule has 0 aliphatic carbocycles. The van der Waals surface area contributed by atoms with Gasteiger partial charge in [-0.3, -0.25) is 4.79 Å². The van der Waals surface area contributed by atoms with Gasteiger partial charge in [0.1, 0.15) is 11.9 Å². The number of rotatable bonds is 5. The standard InChI is InChI=1S/C17H18FN3O3/c1-23-16-17(20-8-7-19-16)24-14-6-9-21(11-14)15(22)10-12-2-4-13(18)5-3-12/h2-5,7-8,14H,6,9-11H2,1H3. The molecule has 1 amide bonds. The van der Waals surface area contributed by atoms with Crippen LogP contribution >= 0.6 is 0 Å². The van der Waals surface area contributed by atoms with Gasteiger partial charge in [-0.05, 0) is 17.7 Å². The number of methoxy groups -OCH3 is 1. The largest absolute Gasteiger partial charge is 0.477 e. The molecule has 3 rings (SSSR count). The third kappa shape index (κ3) is 3.79. The molecule has 2 heterocycles. The summed E-state index contributed by atoms with van der Waals surface area (Å²) in [6.45, 7) is 1.10. The summed E-state index contributed by atoms with van der Waals surface area (Å²) in [5.41, 5.74) is 0.793. The van der Waals surface area contributed by atoms with Crippen LogP contribution < -0.4 is 9.47 Å². The lowest BCUT2D eigenvalue weighted by Gasteiger charge is -2.17. The van der Waals surface area contributed by atoms with Crippen molar-refractivity contribution in [3.8, 4) is 11.8 Å². The molecule has 0 spiro atoms. The Morgan fingerprint density at radius 1 is 1.25 bits per heavy atom. The molecule has 0 bridgehead atoms. The van der Waals surface area contributed by atoms with Crippen molar-refractivity contribution in [3.63, 3.8) is 0 Å². The molecule has 0 N–H and O–H groups in total. The molecule has 2 aromatic rings. The third-order valence-electron chi connectivity index (χ3n) is 3.87. The number of benzene rings is 1. The summed E-state index contributed by atoms with van der Waals surface area (Å²) in [7, 11) is 1.50. The van der Waals surface area contributed by atoms with E-state index in [1.54, 1.807) is 17.0 Å². The van der Waals surface area contributed by atoms with Gasteiger partial charge in [0, 0.05) is 25.4 Å². The molecule has 1 fully saturated rings. The Balaban J connectivity index is 1.56. The Morgan fingerprint density at radius 3 is 2.67 bits per heavy atom. The van der Waals surface area contributed by atoms with Crippen LogP contribution in [0.2, 0.25) is 0 Å². The van der Waals surface area contributed by atoms with E-state index in [0.717, 1.165) is 12.0 Å². The van der Waals surface area contributed by atoms with Crippen molar-refractivity contribution in [2.75, 3.05) is 20.2 Å². The quantitative estimate of drug-likeness (QED) is 0.836. The number of nitrogens with zero attached hydrogens (tertiary/aromatic N) is 3. The second-order valence-electron chi connectivity index (χ2n) is 5.54. The number of hydrogen-bond acceptors (Lipinski definition) is 5. The van der Waals surface area contributed by atoms with Gasteiger partial charge in [-0.2, -0.15) is 0 Å². The fraction of sp³-hybridized carbons (Fsp3) is 0.353. The highest BCUT2D eigenvalue weighted by Crippen LogP contribution is 2.24. The van der Waals surface area contributed by atoms with E-state index < -0.39 is 0 Å². The molecule has 7 heteroatoms. The van der Waals surface area contributed by atoms with Gasteiger partial charge in [0.15, 0.2) is 0 Å². The van der Waals surface area contributed by atoms with E-state index in [1.807, 2.05) is 0 Å². The van der Waals surface area contributed by atoms with E-state index >= 15 is 0 Å². The van der Waals surface area contributed by atoms with E-state index in [9.17, 15) is 9.18 Å². The predicted octanol–water partition coefficient (Wildman–Crippen LogP) is 1.85. The average Bonchev–Trinajstić information content (AvgIpc) is 3.06. The fourth-order valence-electron chi connectivity index (χ4n) is 2.63. The van der Waals surface area contributed by atoms with Gasteiger partial charge < -0.3 is 14.4 Å². The van der Waals surface area contributed by atoms with Crippen LogP contribution in [0.25, 0.3) is 0 Å². The minimum Gasteiger partial charge on any atom is -0.477 e. The highest BCUT2D eigenvalue weighted by Gasteiger charge is 2.28. The molecule has 6 nitrogen and oxygen atoms in total. The number of likely N-dealkylation sites (tertiary alicyclic amines) is 1. The Labute approximate surface area is 139 Å². The third-order valence-corrected chi connectivity index (χ3v) is 3.87. The fourth-order valence-corrected chi connectivity index (χ4v) is 2.63. The average molecular weight is 331 g/mol. The van der Waals surface area contributed by atoms with Crippen LogP contribution in [-0.2, 0) is 11.2 Å². The smallest absolute Gasteiger partial charge is 0.278 e. The number of aromatic nitrogens is 2. The van der Waals surface area contributed by atoms with Crippen LogP contribution in [0.3, 0.4) is 0 Å². The first kappa shape index (κ1) is 16.2. The molecule has 1 atom stereocenters. The minimum absolute atomic E-state index is 0.00109. The summed E-state index contributed by atoms with van der Waals surface area (Å²) < 4.78 is 23.8. The van der Waals surface area contributed by atoms with Gasteiger partial charge in [0.2, 0.25) is 5.91 Å². The summed E-state index contributed by atoms with van der Waals surface area (Å²) in [4.78, 5) is 22.2. The van der Waals surface area contributed by atoms with E-state index in [4.69, 9.17) is 9.47 Å². The number of halogens is 1. The zero-order chi connectivity index (χ0) is 16.9. The first-order valence-electron chi connectivity index (χ1n) is 7.69. The summed E-state index contributed by atoms with van der Waals surface area (Å²) in [6.07, 6.45) is 3.88. The van der Waals surface area contributed by atoms with Crippen molar-refractivity contribution in [3.05, 3.63) is 48.0 Å². The lowest BCUT2D eigenvalue weighted by atomic mass is 10.1. The van der Waals surface area contributed by atoms with Gasteiger partial charge in [-0.1, -0.05) is 12.1 Å². The van der Waals surface area contributed by atoms with Crippen molar-refractivity contribution in [2.24, 2.45) is 0 Å². The van der Waals surface area contributed by atoms with E-state index in [-0.39, 0.29) is 24.2 Å². The number of carbonyl (C=O) groups is 1. The zero-order valence-corrected chi connectivity index (χ0v) is 13.3. The molecule has 24 heavy (non-hydrogen) atoms. The molecule has 1 aliphatic rings. The Kier molecular flexibility index (Phi) is 4.88. The molecular weight excluding hydrogens is 313 g/mol. The molecule has 126 valence electrons. The maximum atomic E-state index is 12.9. The van der Waals surface area contributed by atoms with Crippen molar-refractivity contribution in [2.45, 2.75) is 18.9 Å². The summed E-state index contributed by atoms with van der Waals surface area (Å²) in [6, 6.07) is 5.97. The Morgan fingerprint density at radius 2 is 1.96 bits per heavy atom. The lowest BCUT2D eigenvalue weighted by molar-refractivity contribution is -0.129. The van der Waals surface area contributed by atoms with E-state index in [1.165, 1.54) is 31.6 Å². The Hall–Kier alpha value is -2.70. The van der Waals surface area contributed by atoms with Crippen molar-refractivity contribution < 1.29 is 18.7 Å². The first-order chi connectivity index (χ1) is 11.7. The first-order valence-corrected chi connectivity index (χ1v) is 7.69. The second-order valence-corrected chi connectivity index (χ2v) is 5.54. The summed E-state index contributed by atoms with van der Waals surface area (Å²) in [5, 5.41) is 0. The topological polar surface area (TPSA) is 64.6 Å². The predicted molar refractivity (Wildman–Crippen MR) is 84.3 cm³/mol. The molecule has 0 saturated carbocycles. The van der Waals surface area contributed by atoms with Gasteiger partial charge in [-0.15, -0.1) is 0 Å². The maximum absolute atomic E-state index is 12.9. The van der Waals surface area contributed by atoms with E-state index in [2.05, 4.69) is 9.97 Å².